The summed E-state index contributed by atoms with van der Waals surface area (Å²) in [6, 6.07) is 8.31. The smallest absolute Gasteiger partial charge is 0.416 e. The maximum Gasteiger partial charge on any atom is 0.416 e. The summed E-state index contributed by atoms with van der Waals surface area (Å²) < 4.78 is 72.7. The van der Waals surface area contributed by atoms with Crippen molar-refractivity contribution in [3.05, 3.63) is 94.6 Å². The zero-order valence-electron chi connectivity index (χ0n) is 20.5. The van der Waals surface area contributed by atoms with E-state index in [9.17, 15) is 31.5 Å². The van der Waals surface area contributed by atoms with E-state index >= 15 is 0 Å². The highest BCUT2D eigenvalue weighted by atomic mass is 19.4. The van der Waals surface area contributed by atoms with E-state index in [1.165, 1.54) is 49.1 Å². The van der Waals surface area contributed by atoms with E-state index in [0.717, 1.165) is 18.2 Å². The summed E-state index contributed by atoms with van der Waals surface area (Å²) >= 11 is 0. The molecule has 0 fully saturated rings. The Morgan fingerprint density at radius 3 is 2.49 bits per heavy atom. The van der Waals surface area contributed by atoms with E-state index in [2.05, 4.69) is 20.3 Å². The van der Waals surface area contributed by atoms with Crippen LogP contribution in [0.15, 0.2) is 54.9 Å². The maximum atomic E-state index is 13.9. The van der Waals surface area contributed by atoms with Crippen molar-refractivity contribution in [2.24, 2.45) is 7.05 Å². The van der Waals surface area contributed by atoms with Gasteiger partial charge < -0.3 is 4.74 Å². The number of ketones is 1. The van der Waals surface area contributed by atoms with Gasteiger partial charge >= 0.3 is 12.1 Å². The van der Waals surface area contributed by atoms with Crippen LogP contribution in [0.4, 0.5) is 22.0 Å². The number of hydrogen-bond donors (Lipinski definition) is 0. The molecule has 0 aliphatic rings. The molecule has 4 aromatic rings. The van der Waals surface area contributed by atoms with Gasteiger partial charge in [-0.25, -0.2) is 9.37 Å². The van der Waals surface area contributed by atoms with Gasteiger partial charge in [-0.05, 0) is 36.8 Å². The third-order valence-electron chi connectivity index (χ3n) is 5.78. The van der Waals surface area contributed by atoms with Crippen LogP contribution in [0.5, 0.6) is 0 Å². The number of pyridine rings is 2. The van der Waals surface area contributed by atoms with Crippen molar-refractivity contribution in [3.63, 3.8) is 0 Å². The van der Waals surface area contributed by atoms with Crippen molar-refractivity contribution in [1.82, 2.24) is 25.0 Å². The molecular weight excluding hydrogens is 525 g/mol. The number of rotatable bonds is 8. The van der Waals surface area contributed by atoms with Crippen molar-refractivity contribution in [2.45, 2.75) is 32.0 Å². The first-order valence-electron chi connectivity index (χ1n) is 11.5. The van der Waals surface area contributed by atoms with E-state index in [4.69, 9.17) is 4.74 Å². The molecule has 3 heterocycles. The number of benzene rings is 1. The van der Waals surface area contributed by atoms with Crippen molar-refractivity contribution in [3.8, 4) is 11.4 Å². The number of carbonyl (C=O) groups excluding carboxylic acids is 2. The fraction of sp³-hybridized carbons (Fsp3) is 0.231. The molecule has 39 heavy (non-hydrogen) atoms. The minimum absolute atomic E-state index is 0.167. The monoisotopic (exact) mass is 545 g/mol. The van der Waals surface area contributed by atoms with E-state index in [1.807, 2.05) is 0 Å². The van der Waals surface area contributed by atoms with Crippen LogP contribution in [0.25, 0.3) is 11.4 Å². The normalized spacial score (nSPS) is 12.3. The highest BCUT2D eigenvalue weighted by Gasteiger charge is 2.30. The average molecular weight is 545 g/mol. The number of Topliss-reactive ketones (excluding diaryl/α,β-unsaturated/α-hetero) is 1. The second kappa shape index (κ2) is 11.1. The molecule has 202 valence electrons. The summed E-state index contributed by atoms with van der Waals surface area (Å²) in [6.45, 7) is 1.37. The first-order valence-corrected chi connectivity index (χ1v) is 11.5. The number of hydrogen-bond acceptors (Lipinski definition) is 7. The molecule has 0 spiro atoms. The first kappa shape index (κ1) is 27.5. The van der Waals surface area contributed by atoms with Crippen LogP contribution in [0, 0.1) is 11.8 Å². The Morgan fingerprint density at radius 1 is 1.03 bits per heavy atom. The van der Waals surface area contributed by atoms with Crippen LogP contribution in [0.1, 0.15) is 45.8 Å². The van der Waals surface area contributed by atoms with Gasteiger partial charge in [-0.1, -0.05) is 23.4 Å². The lowest BCUT2D eigenvalue weighted by molar-refractivity contribution is -0.148. The Hall–Kier alpha value is -4.55. The highest BCUT2D eigenvalue weighted by molar-refractivity contribution is 5.97. The molecule has 0 saturated heterocycles. The SMILES string of the molecule is C[C@@H](OC(=O)Cc1c(-c2ccc(C(=O)Cc3cccc(C(F)(F)F)c3)cn2)nnn1C)c1cc(F)cnc1F. The highest BCUT2D eigenvalue weighted by Crippen LogP contribution is 2.30. The number of halogens is 5. The summed E-state index contributed by atoms with van der Waals surface area (Å²) in [5.74, 6) is -2.96. The third-order valence-corrected chi connectivity index (χ3v) is 5.78. The molecule has 0 unspecified atom stereocenters. The minimum atomic E-state index is -4.52. The molecule has 1 atom stereocenters. The van der Waals surface area contributed by atoms with Gasteiger partial charge in [0.1, 0.15) is 17.6 Å². The molecule has 1 aromatic carbocycles. The Labute approximate surface area is 218 Å². The quantitative estimate of drug-likeness (QED) is 0.135. The number of esters is 1. The van der Waals surface area contributed by atoms with Crippen molar-refractivity contribution in [1.29, 1.82) is 0 Å². The van der Waals surface area contributed by atoms with Crippen molar-refractivity contribution >= 4 is 11.8 Å². The van der Waals surface area contributed by atoms with E-state index in [0.29, 0.717) is 11.9 Å². The molecule has 0 N–H and O–H groups in total. The molecule has 4 rings (SSSR count). The molecule has 3 aromatic heterocycles. The number of alkyl halides is 3. The zero-order chi connectivity index (χ0) is 28.3. The summed E-state index contributed by atoms with van der Waals surface area (Å²) in [7, 11) is 1.53. The molecule has 8 nitrogen and oxygen atoms in total. The van der Waals surface area contributed by atoms with Crippen LogP contribution in [-0.4, -0.2) is 36.7 Å². The van der Waals surface area contributed by atoms with Gasteiger partial charge in [-0.2, -0.15) is 17.6 Å². The van der Waals surface area contributed by atoms with Gasteiger partial charge in [0.25, 0.3) is 0 Å². The molecule has 0 radical (unpaired) electrons. The number of ether oxygens (including phenoxy) is 1. The fourth-order valence-corrected chi connectivity index (χ4v) is 3.78. The molecule has 13 heteroatoms. The van der Waals surface area contributed by atoms with Gasteiger partial charge in [0.15, 0.2) is 5.78 Å². The third kappa shape index (κ3) is 6.48. The summed E-state index contributed by atoms with van der Waals surface area (Å²) in [5.41, 5.74) is 0.103. The predicted octanol–water partition coefficient (Wildman–Crippen LogP) is 4.84. The second-order valence-corrected chi connectivity index (χ2v) is 8.58. The van der Waals surface area contributed by atoms with Crippen LogP contribution in [-0.2, 0) is 35.6 Å². The second-order valence-electron chi connectivity index (χ2n) is 8.58. The van der Waals surface area contributed by atoms with Gasteiger partial charge in [0, 0.05) is 25.2 Å². The number of aromatic nitrogens is 5. The van der Waals surface area contributed by atoms with E-state index in [-0.39, 0.29) is 40.9 Å². The minimum Gasteiger partial charge on any atom is -0.457 e. The lowest BCUT2D eigenvalue weighted by atomic mass is 10.0. The van der Waals surface area contributed by atoms with Gasteiger partial charge in [-0.3, -0.25) is 19.3 Å². The van der Waals surface area contributed by atoms with Crippen LogP contribution >= 0.6 is 0 Å². The lowest BCUT2D eigenvalue weighted by Crippen LogP contribution is -2.15. The fourth-order valence-electron chi connectivity index (χ4n) is 3.78. The Balaban J connectivity index is 1.46. The average Bonchev–Trinajstić information content (AvgIpc) is 3.24. The van der Waals surface area contributed by atoms with E-state index < -0.39 is 41.4 Å². The van der Waals surface area contributed by atoms with Gasteiger partial charge in [0.2, 0.25) is 5.95 Å². The van der Waals surface area contributed by atoms with Gasteiger partial charge in [-0.15, -0.1) is 5.10 Å². The number of aryl methyl sites for hydroxylation is 1. The van der Waals surface area contributed by atoms with Crippen LogP contribution in [0.3, 0.4) is 0 Å². The summed E-state index contributed by atoms with van der Waals surface area (Å²) in [4.78, 5) is 32.7. The zero-order valence-corrected chi connectivity index (χ0v) is 20.5. The van der Waals surface area contributed by atoms with Crippen molar-refractivity contribution in [2.75, 3.05) is 0 Å². The maximum absolute atomic E-state index is 13.9. The lowest BCUT2D eigenvalue weighted by Gasteiger charge is -2.14. The number of carbonyl (C=O) groups is 2. The molecule has 0 saturated carbocycles. The molecule has 0 aliphatic carbocycles. The summed E-state index contributed by atoms with van der Waals surface area (Å²) in [5, 5.41) is 7.90. The largest absolute Gasteiger partial charge is 0.457 e. The van der Waals surface area contributed by atoms with E-state index in [1.54, 1.807) is 0 Å². The van der Waals surface area contributed by atoms with Crippen LogP contribution in [0.2, 0.25) is 0 Å². The topological polar surface area (TPSA) is 99.9 Å². The van der Waals surface area contributed by atoms with Gasteiger partial charge in [0.05, 0.1) is 35.1 Å². The van der Waals surface area contributed by atoms with Crippen LogP contribution < -0.4 is 0 Å². The predicted molar refractivity (Wildman–Crippen MR) is 126 cm³/mol. The Kier molecular flexibility index (Phi) is 7.79. The number of nitrogens with zero attached hydrogens (tertiary/aromatic N) is 5. The molecular formula is C26H20F5N5O3. The standard InChI is InChI=1S/C26H20F5N5O3/c1-14(19-10-18(27)13-33-25(19)28)39-23(38)11-21-24(34-35-36(21)2)20-7-6-16(12-32-20)22(37)9-15-4-3-5-17(8-15)26(29,30)31/h3-8,10,12-14H,9,11H2,1-2H3/t14-/m1/s1. The Bertz CT molecular complexity index is 1520. The first-order chi connectivity index (χ1) is 18.4. The summed E-state index contributed by atoms with van der Waals surface area (Å²) in [6.07, 6.45) is -4.26. The van der Waals surface area contributed by atoms with Crippen molar-refractivity contribution < 1.29 is 36.3 Å². The molecule has 0 aliphatic heterocycles. The molecule has 0 amide bonds. The Morgan fingerprint density at radius 2 is 1.79 bits per heavy atom. The molecule has 0 bridgehead atoms.